The molecule has 0 radical (unpaired) electrons. The molecule has 0 unspecified atom stereocenters. The molecule has 2 nitrogen and oxygen atoms in total. The Balaban J connectivity index is 1.98. The number of rotatable bonds is 1. The van der Waals surface area contributed by atoms with Gasteiger partial charge in [-0.15, -0.1) is 0 Å². The van der Waals surface area contributed by atoms with Crippen LogP contribution >= 0.6 is 31.9 Å². The number of aliphatic imine (C=N–C) groups is 1. The highest BCUT2D eigenvalue weighted by molar-refractivity contribution is 9.24. The number of aromatic nitrogens is 1. The Morgan fingerprint density at radius 1 is 0.833 bits per heavy atom. The van der Waals surface area contributed by atoms with Gasteiger partial charge >= 0.3 is 0 Å². The van der Waals surface area contributed by atoms with E-state index < -0.39 is 3.23 Å². The van der Waals surface area contributed by atoms with Crippen LogP contribution < -0.4 is 0 Å². The van der Waals surface area contributed by atoms with Crippen LogP contribution in [-0.4, -0.2) is 16.2 Å². The zero-order chi connectivity index (χ0) is 16.9. The van der Waals surface area contributed by atoms with Crippen molar-refractivity contribution in [3.8, 4) is 0 Å². The second kappa shape index (κ2) is 5.50. The van der Waals surface area contributed by atoms with Crippen molar-refractivity contribution >= 4 is 48.5 Å². The SMILES string of the molecule is CC1(C)N=C(c2ccc3ccccc3n2)c2ccccc2C1(Br)Br. The van der Waals surface area contributed by atoms with Crippen LogP contribution in [0, 0.1) is 0 Å². The molecule has 0 bridgehead atoms. The fraction of sp³-hybridized carbons (Fsp3) is 0.200. The van der Waals surface area contributed by atoms with Gasteiger partial charge in [0.25, 0.3) is 0 Å². The molecule has 0 amide bonds. The molecular weight excluding hydrogens is 428 g/mol. The lowest BCUT2D eigenvalue weighted by atomic mass is 9.85. The minimum Gasteiger partial charge on any atom is -0.274 e. The molecule has 24 heavy (non-hydrogen) atoms. The van der Waals surface area contributed by atoms with Gasteiger partial charge in [0.1, 0.15) is 3.23 Å². The molecule has 0 N–H and O–H groups in total. The third-order valence-electron chi connectivity index (χ3n) is 4.52. The zero-order valence-electron chi connectivity index (χ0n) is 13.4. The Kier molecular flexibility index (Phi) is 3.66. The van der Waals surface area contributed by atoms with Crippen molar-refractivity contribution in [1.82, 2.24) is 4.98 Å². The van der Waals surface area contributed by atoms with Gasteiger partial charge in [-0.25, -0.2) is 4.98 Å². The first-order chi connectivity index (χ1) is 11.4. The Hall–Kier alpha value is -1.52. The summed E-state index contributed by atoms with van der Waals surface area (Å²) in [4.78, 5) is 9.90. The van der Waals surface area contributed by atoms with Gasteiger partial charge in [-0.1, -0.05) is 80.4 Å². The molecule has 1 aromatic heterocycles. The Bertz CT molecular complexity index is 974. The van der Waals surface area contributed by atoms with E-state index in [4.69, 9.17) is 9.98 Å². The lowest BCUT2D eigenvalue weighted by Gasteiger charge is -2.40. The summed E-state index contributed by atoms with van der Waals surface area (Å²) in [6, 6.07) is 20.7. The standard InChI is InChI=1S/C20H16Br2N2/c1-19(2)20(21,22)15-9-5-4-8-14(15)18(24-19)17-12-11-13-7-3-6-10-16(13)23-17/h3-12H,1-2H3. The van der Waals surface area contributed by atoms with Gasteiger partial charge in [-0.2, -0.15) is 0 Å². The topological polar surface area (TPSA) is 25.2 Å². The van der Waals surface area contributed by atoms with Gasteiger partial charge in [-0.05, 0) is 31.5 Å². The highest BCUT2D eigenvalue weighted by Gasteiger charge is 2.47. The predicted molar refractivity (Wildman–Crippen MR) is 107 cm³/mol. The Morgan fingerprint density at radius 2 is 1.54 bits per heavy atom. The molecule has 120 valence electrons. The van der Waals surface area contributed by atoms with Crippen LogP contribution in [0.25, 0.3) is 10.9 Å². The molecule has 4 rings (SSSR count). The maximum atomic E-state index is 5.05. The van der Waals surface area contributed by atoms with Gasteiger partial charge in [0.15, 0.2) is 0 Å². The molecule has 2 heterocycles. The summed E-state index contributed by atoms with van der Waals surface area (Å²) in [5.41, 5.74) is 4.76. The normalized spacial score (nSPS) is 18.1. The van der Waals surface area contributed by atoms with E-state index >= 15 is 0 Å². The van der Waals surface area contributed by atoms with Crippen LogP contribution in [0.3, 0.4) is 0 Å². The van der Waals surface area contributed by atoms with Gasteiger partial charge in [0.2, 0.25) is 0 Å². The summed E-state index contributed by atoms with van der Waals surface area (Å²) in [5, 5.41) is 1.14. The van der Waals surface area contributed by atoms with E-state index in [0.29, 0.717) is 0 Å². The molecule has 2 aromatic carbocycles. The van der Waals surface area contributed by atoms with Crippen molar-refractivity contribution in [2.24, 2.45) is 4.99 Å². The van der Waals surface area contributed by atoms with E-state index in [0.717, 1.165) is 27.9 Å². The maximum absolute atomic E-state index is 5.05. The van der Waals surface area contributed by atoms with Crippen LogP contribution in [-0.2, 0) is 3.23 Å². The maximum Gasteiger partial charge on any atom is 0.130 e. The van der Waals surface area contributed by atoms with Crippen molar-refractivity contribution in [3.63, 3.8) is 0 Å². The molecular formula is C20H16Br2N2. The molecule has 0 saturated heterocycles. The second-order valence-corrected chi connectivity index (χ2v) is 9.97. The smallest absolute Gasteiger partial charge is 0.130 e. The van der Waals surface area contributed by atoms with Crippen molar-refractivity contribution in [1.29, 1.82) is 0 Å². The van der Waals surface area contributed by atoms with Crippen LogP contribution in [0.5, 0.6) is 0 Å². The number of pyridine rings is 1. The summed E-state index contributed by atoms with van der Waals surface area (Å²) in [5.74, 6) is 0. The molecule has 4 heteroatoms. The molecule has 1 aliphatic heterocycles. The fourth-order valence-corrected chi connectivity index (χ4v) is 3.96. The van der Waals surface area contributed by atoms with E-state index in [1.807, 2.05) is 24.3 Å². The number of benzene rings is 2. The number of halogens is 2. The first-order valence-corrected chi connectivity index (χ1v) is 9.42. The number of nitrogens with zero attached hydrogens (tertiary/aromatic N) is 2. The first-order valence-electron chi connectivity index (χ1n) is 7.84. The second-order valence-electron chi connectivity index (χ2n) is 6.53. The summed E-state index contributed by atoms with van der Waals surface area (Å²) in [7, 11) is 0. The average Bonchev–Trinajstić information content (AvgIpc) is 2.58. The van der Waals surface area contributed by atoms with Crippen molar-refractivity contribution in [2.75, 3.05) is 0 Å². The lowest BCUT2D eigenvalue weighted by molar-refractivity contribution is 0.485. The number of para-hydroxylation sites is 1. The Morgan fingerprint density at radius 3 is 2.38 bits per heavy atom. The number of hydrogen-bond donors (Lipinski definition) is 0. The Labute approximate surface area is 158 Å². The third-order valence-corrected chi connectivity index (χ3v) is 7.32. The van der Waals surface area contributed by atoms with Crippen LogP contribution in [0.1, 0.15) is 30.7 Å². The van der Waals surface area contributed by atoms with Crippen molar-refractivity contribution in [2.45, 2.75) is 22.6 Å². The molecule has 0 saturated carbocycles. The minimum atomic E-state index is -0.399. The molecule has 0 fully saturated rings. The number of fused-ring (bicyclic) bond motifs is 2. The summed E-state index contributed by atoms with van der Waals surface area (Å²) < 4.78 is -0.399. The predicted octanol–water partition coefficient (Wildman–Crippen LogP) is 5.81. The van der Waals surface area contributed by atoms with E-state index in [-0.39, 0.29) is 5.54 Å². The number of alkyl halides is 2. The fourth-order valence-electron chi connectivity index (χ4n) is 3.10. The van der Waals surface area contributed by atoms with E-state index in [1.54, 1.807) is 0 Å². The third kappa shape index (κ3) is 2.35. The van der Waals surface area contributed by atoms with Crippen LogP contribution in [0.2, 0.25) is 0 Å². The van der Waals surface area contributed by atoms with Gasteiger partial charge in [0.05, 0.1) is 22.5 Å². The molecule has 0 spiro atoms. The molecule has 3 aromatic rings. The largest absolute Gasteiger partial charge is 0.274 e. The van der Waals surface area contributed by atoms with E-state index in [2.05, 4.69) is 82.1 Å². The highest BCUT2D eigenvalue weighted by Crippen LogP contribution is 2.53. The number of hydrogen-bond acceptors (Lipinski definition) is 2. The van der Waals surface area contributed by atoms with Crippen molar-refractivity contribution < 1.29 is 0 Å². The summed E-state index contributed by atoms with van der Waals surface area (Å²) in [6.07, 6.45) is 0. The van der Waals surface area contributed by atoms with Crippen LogP contribution in [0.4, 0.5) is 0 Å². The highest BCUT2D eigenvalue weighted by atomic mass is 79.9. The van der Waals surface area contributed by atoms with E-state index in [1.165, 1.54) is 5.56 Å². The van der Waals surface area contributed by atoms with Gasteiger partial charge < -0.3 is 0 Å². The van der Waals surface area contributed by atoms with Gasteiger partial charge in [0, 0.05) is 10.9 Å². The minimum absolute atomic E-state index is 0.357. The molecule has 0 atom stereocenters. The molecule has 0 aliphatic carbocycles. The monoisotopic (exact) mass is 442 g/mol. The summed E-state index contributed by atoms with van der Waals surface area (Å²) in [6.45, 7) is 4.24. The van der Waals surface area contributed by atoms with Crippen LogP contribution in [0.15, 0.2) is 65.7 Å². The first kappa shape index (κ1) is 16.0. The summed E-state index contributed by atoms with van der Waals surface area (Å²) >= 11 is 7.68. The quantitative estimate of drug-likeness (QED) is 0.436. The van der Waals surface area contributed by atoms with E-state index in [9.17, 15) is 0 Å². The van der Waals surface area contributed by atoms with Crippen molar-refractivity contribution in [3.05, 3.63) is 77.5 Å². The lowest BCUT2D eigenvalue weighted by Crippen LogP contribution is -2.42. The zero-order valence-corrected chi connectivity index (χ0v) is 16.6. The average molecular weight is 444 g/mol. The van der Waals surface area contributed by atoms with Gasteiger partial charge in [-0.3, -0.25) is 4.99 Å². The molecule has 1 aliphatic rings.